The lowest BCUT2D eigenvalue weighted by Crippen LogP contribution is -2.41. The van der Waals surface area contributed by atoms with Crippen LogP contribution in [-0.4, -0.2) is 41.7 Å². The third-order valence-corrected chi connectivity index (χ3v) is 6.25. The number of carbonyl (C=O) groups is 1. The first kappa shape index (κ1) is 15.9. The van der Waals surface area contributed by atoms with Gasteiger partial charge < -0.3 is 9.73 Å². The van der Waals surface area contributed by atoms with E-state index in [1.807, 2.05) is 5.38 Å². The molecule has 1 aliphatic rings. The molecule has 10 heteroatoms. The minimum atomic E-state index is -3.08. The van der Waals surface area contributed by atoms with Gasteiger partial charge in [0.1, 0.15) is 6.04 Å². The predicted molar refractivity (Wildman–Crippen MR) is 84.0 cm³/mol. The number of hydrogen-bond acceptors (Lipinski definition) is 7. The Morgan fingerprint density at radius 3 is 2.96 bits per heavy atom. The lowest BCUT2D eigenvalue weighted by molar-refractivity contribution is -0.124. The number of aromatic nitrogens is 2. The average molecular weight is 357 g/mol. The highest BCUT2D eigenvalue weighted by molar-refractivity contribution is 7.91. The Kier molecular flexibility index (Phi) is 4.11. The Balaban J connectivity index is 1.74. The van der Waals surface area contributed by atoms with Crippen molar-refractivity contribution in [3.8, 4) is 10.8 Å². The molecule has 1 fully saturated rings. The fraction of sp³-hybridized carbons (Fsp3) is 0.462. The van der Waals surface area contributed by atoms with E-state index < -0.39 is 33.6 Å². The largest absolute Gasteiger partial charge is 0.438 e. The van der Waals surface area contributed by atoms with Gasteiger partial charge in [0.2, 0.25) is 5.91 Å². The van der Waals surface area contributed by atoms with Crippen molar-refractivity contribution in [1.82, 2.24) is 15.1 Å². The molecule has 0 aromatic carbocycles. The molecule has 1 amide bonds. The quantitative estimate of drug-likeness (QED) is 0.849. The first-order chi connectivity index (χ1) is 10.9. The Labute approximate surface area is 136 Å². The van der Waals surface area contributed by atoms with Gasteiger partial charge in [-0.3, -0.25) is 4.79 Å². The van der Waals surface area contributed by atoms with Gasteiger partial charge in [-0.1, -0.05) is 6.07 Å². The van der Waals surface area contributed by atoms with Crippen LogP contribution in [0.5, 0.6) is 0 Å². The van der Waals surface area contributed by atoms with Crippen LogP contribution in [0.1, 0.15) is 19.4 Å². The number of sulfone groups is 1. The summed E-state index contributed by atoms with van der Waals surface area (Å²) in [5.41, 5.74) is 0. The third kappa shape index (κ3) is 3.37. The van der Waals surface area contributed by atoms with Crippen LogP contribution in [0, 0.1) is 0 Å². The van der Waals surface area contributed by atoms with Gasteiger partial charge in [0.25, 0.3) is 5.89 Å². The number of nitrogens with zero attached hydrogens (tertiary/aromatic N) is 2. The highest BCUT2D eigenvalue weighted by atomic mass is 32.2. The zero-order valence-corrected chi connectivity index (χ0v) is 13.9. The maximum atomic E-state index is 12.2. The van der Waals surface area contributed by atoms with Crippen molar-refractivity contribution in [3.05, 3.63) is 28.1 Å². The summed E-state index contributed by atoms with van der Waals surface area (Å²) >= 11 is 1.37. The van der Waals surface area contributed by atoms with Gasteiger partial charge in [-0.2, -0.15) is 4.68 Å². The number of thiophene rings is 1. The standard InChI is InChI=1S/C13H15N3O5S2/c1-8(11(17)14-9-4-6-23(19,20)7-9)16-13(18)21-12(15-16)10-3-2-5-22-10/h2-3,5,8-9H,4,6-7H2,1H3,(H,14,17). The Bertz CT molecular complexity index is 866. The SMILES string of the molecule is CC(C(=O)NC1CCS(=O)(=O)C1)n1nc(-c2cccs2)oc1=O. The maximum absolute atomic E-state index is 12.2. The number of rotatable bonds is 4. The van der Waals surface area contributed by atoms with Crippen LogP contribution in [0.4, 0.5) is 0 Å². The molecule has 2 aromatic rings. The van der Waals surface area contributed by atoms with Crippen molar-refractivity contribution < 1.29 is 17.6 Å². The van der Waals surface area contributed by atoms with Crippen LogP contribution in [0.15, 0.2) is 26.7 Å². The highest BCUT2D eigenvalue weighted by Gasteiger charge is 2.31. The molecule has 124 valence electrons. The van der Waals surface area contributed by atoms with E-state index in [0.29, 0.717) is 11.3 Å². The van der Waals surface area contributed by atoms with Crippen LogP contribution < -0.4 is 11.1 Å². The van der Waals surface area contributed by atoms with E-state index in [1.165, 1.54) is 18.3 Å². The minimum Gasteiger partial charge on any atom is -0.387 e. The van der Waals surface area contributed by atoms with Crippen molar-refractivity contribution >= 4 is 27.1 Å². The summed E-state index contributed by atoms with van der Waals surface area (Å²) in [6, 6.07) is 2.25. The van der Waals surface area contributed by atoms with Crippen molar-refractivity contribution in [2.24, 2.45) is 0 Å². The van der Waals surface area contributed by atoms with Crippen LogP contribution in [0.25, 0.3) is 10.8 Å². The maximum Gasteiger partial charge on any atom is 0.438 e. The van der Waals surface area contributed by atoms with Crippen LogP contribution in [0.3, 0.4) is 0 Å². The summed E-state index contributed by atoms with van der Waals surface area (Å²) in [6.45, 7) is 1.51. The topological polar surface area (TPSA) is 111 Å². The molecule has 0 radical (unpaired) electrons. The zero-order chi connectivity index (χ0) is 16.6. The summed E-state index contributed by atoms with van der Waals surface area (Å²) in [5.74, 6) is -1.03. The minimum absolute atomic E-state index is 0.0682. The Morgan fingerprint density at radius 1 is 1.57 bits per heavy atom. The summed E-state index contributed by atoms with van der Waals surface area (Å²) in [6.07, 6.45) is 0.384. The lowest BCUT2D eigenvalue weighted by Gasteiger charge is -2.14. The molecule has 1 saturated heterocycles. The molecule has 1 N–H and O–H groups in total. The molecule has 0 aliphatic carbocycles. The van der Waals surface area contributed by atoms with Gasteiger partial charge in [-0.25, -0.2) is 13.2 Å². The average Bonchev–Trinajstić information content (AvgIpc) is 3.18. The van der Waals surface area contributed by atoms with E-state index in [2.05, 4.69) is 10.4 Å². The first-order valence-electron chi connectivity index (χ1n) is 7.00. The molecule has 0 spiro atoms. The number of amides is 1. The molecule has 0 saturated carbocycles. The van der Waals surface area contributed by atoms with Crippen LogP contribution in [0.2, 0.25) is 0 Å². The Hall–Kier alpha value is -1.94. The summed E-state index contributed by atoms with van der Waals surface area (Å²) < 4.78 is 28.9. The second kappa shape index (κ2) is 5.93. The molecule has 3 rings (SSSR count). The third-order valence-electron chi connectivity index (χ3n) is 3.63. The van der Waals surface area contributed by atoms with Gasteiger partial charge in [0.15, 0.2) is 9.84 Å². The molecule has 0 bridgehead atoms. The molecule has 3 heterocycles. The molecule has 2 atom stereocenters. The highest BCUT2D eigenvalue weighted by Crippen LogP contribution is 2.22. The molecular formula is C13H15N3O5S2. The lowest BCUT2D eigenvalue weighted by atomic mass is 10.2. The summed E-state index contributed by atoms with van der Waals surface area (Å²) in [4.78, 5) is 24.8. The predicted octanol–water partition coefficient (Wildman–Crippen LogP) is 0.429. The van der Waals surface area contributed by atoms with Crippen molar-refractivity contribution in [2.45, 2.75) is 25.4 Å². The summed E-state index contributed by atoms with van der Waals surface area (Å²) in [5, 5.41) is 8.52. The van der Waals surface area contributed by atoms with E-state index in [1.54, 1.807) is 12.1 Å². The number of carbonyl (C=O) groups excluding carboxylic acids is 1. The van der Waals surface area contributed by atoms with E-state index in [0.717, 1.165) is 4.68 Å². The number of hydrogen-bond donors (Lipinski definition) is 1. The second-order valence-electron chi connectivity index (χ2n) is 5.38. The summed E-state index contributed by atoms with van der Waals surface area (Å²) in [7, 11) is -3.08. The van der Waals surface area contributed by atoms with Crippen molar-refractivity contribution in [2.75, 3.05) is 11.5 Å². The van der Waals surface area contributed by atoms with E-state index >= 15 is 0 Å². The molecule has 2 aromatic heterocycles. The van der Waals surface area contributed by atoms with Gasteiger partial charge in [-0.15, -0.1) is 16.4 Å². The van der Waals surface area contributed by atoms with Crippen molar-refractivity contribution in [3.63, 3.8) is 0 Å². The first-order valence-corrected chi connectivity index (χ1v) is 9.70. The molecule has 23 heavy (non-hydrogen) atoms. The monoisotopic (exact) mass is 357 g/mol. The Morgan fingerprint density at radius 2 is 2.35 bits per heavy atom. The fourth-order valence-electron chi connectivity index (χ4n) is 2.37. The normalized spacial score (nSPS) is 21.2. The van der Waals surface area contributed by atoms with Crippen LogP contribution >= 0.6 is 11.3 Å². The zero-order valence-electron chi connectivity index (χ0n) is 12.3. The molecular weight excluding hydrogens is 342 g/mol. The smallest absolute Gasteiger partial charge is 0.387 e. The fourth-order valence-corrected chi connectivity index (χ4v) is 4.69. The van der Waals surface area contributed by atoms with E-state index in [9.17, 15) is 18.0 Å². The number of nitrogens with one attached hydrogen (secondary N) is 1. The van der Waals surface area contributed by atoms with Crippen molar-refractivity contribution in [1.29, 1.82) is 0 Å². The second-order valence-corrected chi connectivity index (χ2v) is 8.56. The van der Waals surface area contributed by atoms with E-state index in [4.69, 9.17) is 4.42 Å². The van der Waals surface area contributed by atoms with Gasteiger partial charge in [0.05, 0.1) is 16.4 Å². The van der Waals surface area contributed by atoms with Gasteiger partial charge >= 0.3 is 5.76 Å². The molecule has 8 nitrogen and oxygen atoms in total. The van der Waals surface area contributed by atoms with Crippen LogP contribution in [-0.2, 0) is 14.6 Å². The molecule has 1 aliphatic heterocycles. The van der Waals surface area contributed by atoms with Gasteiger partial charge in [0, 0.05) is 6.04 Å². The van der Waals surface area contributed by atoms with Gasteiger partial charge in [-0.05, 0) is 24.8 Å². The molecule has 2 unspecified atom stereocenters. The van der Waals surface area contributed by atoms with E-state index in [-0.39, 0.29) is 17.4 Å².